The minimum atomic E-state index is -0.0745. The molecule has 0 heterocycles. The van der Waals surface area contributed by atoms with Crippen LogP contribution in [-0.2, 0) is 4.79 Å². The van der Waals surface area contributed by atoms with E-state index in [1.54, 1.807) is 14.2 Å². The molecule has 5 nitrogen and oxygen atoms in total. The Morgan fingerprint density at radius 2 is 1.68 bits per heavy atom. The third kappa shape index (κ3) is 4.89. The van der Waals surface area contributed by atoms with Gasteiger partial charge in [0.1, 0.15) is 0 Å². The molecule has 5 heteroatoms. The van der Waals surface area contributed by atoms with Gasteiger partial charge in [0.2, 0.25) is 5.91 Å². The first-order chi connectivity index (χ1) is 11.9. The lowest BCUT2D eigenvalue weighted by Gasteiger charge is -2.20. The van der Waals surface area contributed by atoms with Crippen molar-refractivity contribution >= 4 is 17.3 Å². The predicted molar refractivity (Wildman–Crippen MR) is 102 cm³/mol. The first-order valence-electron chi connectivity index (χ1n) is 8.27. The van der Waals surface area contributed by atoms with Crippen molar-refractivity contribution in [3.05, 3.63) is 48.0 Å². The van der Waals surface area contributed by atoms with Gasteiger partial charge in [-0.15, -0.1) is 0 Å². The van der Waals surface area contributed by atoms with Crippen LogP contribution in [0.4, 0.5) is 11.4 Å². The molecule has 2 aromatic carbocycles. The van der Waals surface area contributed by atoms with Crippen molar-refractivity contribution in [2.24, 2.45) is 0 Å². The highest BCUT2D eigenvalue weighted by atomic mass is 16.5. The molecule has 0 unspecified atom stereocenters. The van der Waals surface area contributed by atoms with E-state index in [4.69, 9.17) is 9.47 Å². The van der Waals surface area contributed by atoms with Crippen LogP contribution in [0.5, 0.6) is 11.5 Å². The van der Waals surface area contributed by atoms with E-state index in [9.17, 15) is 4.79 Å². The Bertz CT molecular complexity index is 711. The lowest BCUT2D eigenvalue weighted by atomic mass is 10.0. The summed E-state index contributed by atoms with van der Waals surface area (Å²) in [6.07, 6.45) is 0. The largest absolute Gasteiger partial charge is 0.493 e. The van der Waals surface area contributed by atoms with Gasteiger partial charge in [-0.25, -0.2) is 0 Å². The molecule has 0 radical (unpaired) electrons. The zero-order valence-corrected chi connectivity index (χ0v) is 15.5. The Balaban J connectivity index is 2.00. The summed E-state index contributed by atoms with van der Waals surface area (Å²) in [5.74, 6) is 1.70. The summed E-state index contributed by atoms with van der Waals surface area (Å²) in [5, 5.41) is 2.92. The van der Waals surface area contributed by atoms with E-state index in [-0.39, 0.29) is 12.5 Å². The number of nitrogens with zero attached hydrogens (tertiary/aromatic N) is 1. The van der Waals surface area contributed by atoms with E-state index in [0.29, 0.717) is 17.4 Å². The van der Waals surface area contributed by atoms with Crippen molar-refractivity contribution in [2.45, 2.75) is 19.8 Å². The van der Waals surface area contributed by atoms with Gasteiger partial charge in [0.05, 0.1) is 20.8 Å². The summed E-state index contributed by atoms with van der Waals surface area (Å²) in [6.45, 7) is 4.53. The smallest absolute Gasteiger partial charge is 0.243 e. The van der Waals surface area contributed by atoms with E-state index in [1.807, 2.05) is 54.4 Å². The number of carbonyl (C=O) groups is 1. The van der Waals surface area contributed by atoms with Crippen molar-refractivity contribution in [2.75, 3.05) is 38.0 Å². The molecule has 0 fully saturated rings. The molecular formula is C20H26N2O3. The number of ether oxygens (including phenoxy) is 2. The second-order valence-corrected chi connectivity index (χ2v) is 6.22. The number of rotatable bonds is 7. The maximum atomic E-state index is 12.3. The first-order valence-corrected chi connectivity index (χ1v) is 8.27. The van der Waals surface area contributed by atoms with Gasteiger partial charge < -0.3 is 19.7 Å². The second-order valence-electron chi connectivity index (χ2n) is 6.22. The molecule has 2 rings (SSSR count). The topological polar surface area (TPSA) is 50.8 Å². The van der Waals surface area contributed by atoms with Crippen LogP contribution in [0.2, 0.25) is 0 Å². The average Bonchev–Trinajstić information content (AvgIpc) is 2.61. The maximum Gasteiger partial charge on any atom is 0.243 e. The lowest BCUT2D eigenvalue weighted by Crippen LogP contribution is -2.30. The molecule has 1 amide bonds. The van der Waals surface area contributed by atoms with E-state index in [2.05, 4.69) is 19.2 Å². The zero-order chi connectivity index (χ0) is 18.4. The molecule has 0 saturated heterocycles. The van der Waals surface area contributed by atoms with Gasteiger partial charge in [-0.1, -0.05) is 26.0 Å². The fraction of sp³-hybridized carbons (Fsp3) is 0.350. The van der Waals surface area contributed by atoms with Gasteiger partial charge in [-0.2, -0.15) is 0 Å². The molecule has 0 saturated carbocycles. The van der Waals surface area contributed by atoms with Crippen LogP contribution in [-0.4, -0.2) is 33.7 Å². The van der Waals surface area contributed by atoms with Gasteiger partial charge >= 0.3 is 0 Å². The molecular weight excluding hydrogens is 316 g/mol. The molecule has 0 spiro atoms. The van der Waals surface area contributed by atoms with Crippen molar-refractivity contribution < 1.29 is 14.3 Å². The van der Waals surface area contributed by atoms with E-state index in [1.165, 1.54) is 5.56 Å². The highest BCUT2D eigenvalue weighted by Crippen LogP contribution is 2.31. The van der Waals surface area contributed by atoms with E-state index >= 15 is 0 Å². The fourth-order valence-electron chi connectivity index (χ4n) is 2.52. The second kappa shape index (κ2) is 8.42. The van der Waals surface area contributed by atoms with Gasteiger partial charge in [0.15, 0.2) is 11.5 Å². The fourth-order valence-corrected chi connectivity index (χ4v) is 2.52. The molecule has 1 N–H and O–H groups in total. The number of likely N-dealkylation sites (N-methyl/N-ethyl adjacent to an activating group) is 1. The molecule has 0 aliphatic carbocycles. The summed E-state index contributed by atoms with van der Waals surface area (Å²) in [6, 6.07) is 13.5. The number of hydrogen-bond acceptors (Lipinski definition) is 4. The molecule has 134 valence electrons. The average molecular weight is 342 g/mol. The van der Waals surface area contributed by atoms with Crippen LogP contribution >= 0.6 is 0 Å². The van der Waals surface area contributed by atoms with Crippen molar-refractivity contribution in [1.82, 2.24) is 0 Å². The SMILES string of the molecule is COc1ccc(N(C)CC(=O)Nc2ccc(C(C)C)cc2)cc1OC. The van der Waals surface area contributed by atoms with Gasteiger partial charge in [0, 0.05) is 24.5 Å². The number of hydrogen-bond donors (Lipinski definition) is 1. The standard InChI is InChI=1S/C20H26N2O3/c1-14(2)15-6-8-16(9-7-15)21-20(23)13-22(3)17-10-11-18(24-4)19(12-17)25-5/h6-12,14H,13H2,1-5H3,(H,21,23). The molecule has 25 heavy (non-hydrogen) atoms. The van der Waals surface area contributed by atoms with Crippen molar-refractivity contribution in [1.29, 1.82) is 0 Å². The highest BCUT2D eigenvalue weighted by molar-refractivity contribution is 5.94. The Labute approximate surface area is 149 Å². The summed E-state index contributed by atoms with van der Waals surface area (Å²) in [4.78, 5) is 14.1. The summed E-state index contributed by atoms with van der Waals surface area (Å²) >= 11 is 0. The number of nitrogens with one attached hydrogen (secondary N) is 1. The van der Waals surface area contributed by atoms with Crippen LogP contribution in [0.25, 0.3) is 0 Å². The summed E-state index contributed by atoms with van der Waals surface area (Å²) < 4.78 is 10.5. The van der Waals surface area contributed by atoms with Gasteiger partial charge in [0.25, 0.3) is 0 Å². The summed E-state index contributed by atoms with van der Waals surface area (Å²) in [5.41, 5.74) is 2.93. The summed E-state index contributed by atoms with van der Waals surface area (Å²) in [7, 11) is 5.05. The van der Waals surface area contributed by atoms with Crippen LogP contribution < -0.4 is 19.7 Å². The number of amides is 1. The Kier molecular flexibility index (Phi) is 6.28. The third-order valence-electron chi connectivity index (χ3n) is 4.05. The Morgan fingerprint density at radius 1 is 1.04 bits per heavy atom. The number of anilines is 2. The molecule has 0 aliphatic rings. The molecule has 0 bridgehead atoms. The third-order valence-corrected chi connectivity index (χ3v) is 4.05. The minimum absolute atomic E-state index is 0.0745. The van der Waals surface area contributed by atoms with E-state index in [0.717, 1.165) is 11.4 Å². The zero-order valence-electron chi connectivity index (χ0n) is 15.5. The number of methoxy groups -OCH3 is 2. The Hall–Kier alpha value is -2.69. The van der Waals surface area contributed by atoms with Gasteiger partial charge in [-0.05, 0) is 35.7 Å². The van der Waals surface area contributed by atoms with E-state index < -0.39 is 0 Å². The normalized spacial score (nSPS) is 10.5. The van der Waals surface area contributed by atoms with Crippen LogP contribution in [0.3, 0.4) is 0 Å². The van der Waals surface area contributed by atoms with Crippen molar-refractivity contribution in [3.63, 3.8) is 0 Å². The molecule has 0 aromatic heterocycles. The molecule has 0 aliphatic heterocycles. The lowest BCUT2D eigenvalue weighted by molar-refractivity contribution is -0.114. The Morgan fingerprint density at radius 3 is 2.24 bits per heavy atom. The minimum Gasteiger partial charge on any atom is -0.493 e. The van der Waals surface area contributed by atoms with Crippen LogP contribution in [0.15, 0.2) is 42.5 Å². The monoisotopic (exact) mass is 342 g/mol. The van der Waals surface area contributed by atoms with Gasteiger partial charge in [-0.3, -0.25) is 4.79 Å². The first kappa shape index (κ1) is 18.6. The molecule has 0 atom stereocenters. The predicted octanol–water partition coefficient (Wildman–Crippen LogP) is 3.90. The van der Waals surface area contributed by atoms with Crippen LogP contribution in [0, 0.1) is 0 Å². The molecule has 2 aromatic rings. The number of carbonyl (C=O) groups excluding carboxylic acids is 1. The quantitative estimate of drug-likeness (QED) is 0.829. The number of benzene rings is 2. The highest BCUT2D eigenvalue weighted by Gasteiger charge is 2.11. The van der Waals surface area contributed by atoms with Crippen molar-refractivity contribution in [3.8, 4) is 11.5 Å². The maximum absolute atomic E-state index is 12.3. The van der Waals surface area contributed by atoms with Crippen LogP contribution in [0.1, 0.15) is 25.3 Å².